The van der Waals surface area contributed by atoms with Crippen molar-refractivity contribution in [3.8, 4) is 0 Å². The summed E-state index contributed by atoms with van der Waals surface area (Å²) < 4.78 is 4.69. The molecular weight excluding hydrogens is 238 g/mol. The van der Waals surface area contributed by atoms with Crippen molar-refractivity contribution < 1.29 is 19.1 Å². The van der Waals surface area contributed by atoms with Crippen LogP contribution in [-0.4, -0.2) is 24.5 Å². The summed E-state index contributed by atoms with van der Waals surface area (Å²) >= 11 is 0. The van der Waals surface area contributed by atoms with Crippen LogP contribution in [0.4, 0.5) is 10.5 Å². The molecule has 96 valence electrons. The zero-order chi connectivity index (χ0) is 13.7. The molecule has 0 saturated heterocycles. The minimum absolute atomic E-state index is 0.168. The third-order valence-electron chi connectivity index (χ3n) is 2.14. The lowest BCUT2D eigenvalue weighted by molar-refractivity contribution is -0.123. The van der Waals surface area contributed by atoms with E-state index in [1.807, 2.05) is 0 Å². The number of anilines is 1. The maximum Gasteiger partial charge on any atom is 0.340 e. The fraction of sp³-hybridized carbons (Fsp3) is 0.182. The van der Waals surface area contributed by atoms with Crippen LogP contribution in [0.15, 0.2) is 18.2 Å². The van der Waals surface area contributed by atoms with Gasteiger partial charge in [0.05, 0.1) is 5.56 Å². The minimum atomic E-state index is -1.01. The van der Waals surface area contributed by atoms with Crippen molar-refractivity contribution in [2.75, 3.05) is 12.3 Å². The molecule has 1 rings (SSSR count). The van der Waals surface area contributed by atoms with Crippen molar-refractivity contribution in [2.45, 2.75) is 6.92 Å². The van der Waals surface area contributed by atoms with Crippen molar-refractivity contribution in [3.63, 3.8) is 0 Å². The summed E-state index contributed by atoms with van der Waals surface area (Å²) in [5.74, 6) is -1.54. The number of para-hydroxylation sites is 1. The summed E-state index contributed by atoms with van der Waals surface area (Å²) in [6.07, 6.45) is 0. The van der Waals surface area contributed by atoms with Crippen LogP contribution in [0, 0.1) is 6.92 Å². The molecule has 0 aliphatic rings. The fourth-order valence-electron chi connectivity index (χ4n) is 1.24. The molecule has 0 saturated carbocycles. The summed E-state index contributed by atoms with van der Waals surface area (Å²) in [5.41, 5.74) is 11.6. The lowest BCUT2D eigenvalue weighted by atomic mass is 10.1. The average Bonchev–Trinajstić information content (AvgIpc) is 2.29. The zero-order valence-corrected chi connectivity index (χ0v) is 9.73. The van der Waals surface area contributed by atoms with Gasteiger partial charge >= 0.3 is 12.0 Å². The Morgan fingerprint density at radius 2 is 2.00 bits per heavy atom. The van der Waals surface area contributed by atoms with Gasteiger partial charge in [0.2, 0.25) is 0 Å². The van der Waals surface area contributed by atoms with Crippen LogP contribution in [0.3, 0.4) is 0 Å². The summed E-state index contributed by atoms with van der Waals surface area (Å²) in [5, 5.41) is 1.77. The number of benzene rings is 1. The molecule has 0 aromatic heterocycles. The van der Waals surface area contributed by atoms with Gasteiger partial charge in [0.25, 0.3) is 5.91 Å². The number of primary amides is 1. The summed E-state index contributed by atoms with van der Waals surface area (Å²) in [6.45, 7) is 1.14. The van der Waals surface area contributed by atoms with E-state index in [2.05, 4.69) is 4.74 Å². The van der Waals surface area contributed by atoms with E-state index < -0.39 is 24.5 Å². The maximum absolute atomic E-state index is 11.6. The third-order valence-corrected chi connectivity index (χ3v) is 2.14. The number of carbonyl (C=O) groups is 3. The van der Waals surface area contributed by atoms with Crippen LogP contribution in [0.2, 0.25) is 0 Å². The van der Waals surface area contributed by atoms with E-state index in [-0.39, 0.29) is 11.3 Å². The molecule has 1 aromatic rings. The number of rotatable bonds is 3. The highest BCUT2D eigenvalue weighted by molar-refractivity contribution is 5.98. The molecule has 0 fully saturated rings. The number of esters is 1. The van der Waals surface area contributed by atoms with Crippen LogP contribution in [0.25, 0.3) is 0 Å². The molecule has 7 nitrogen and oxygen atoms in total. The van der Waals surface area contributed by atoms with Gasteiger partial charge in [-0.2, -0.15) is 0 Å². The fourth-order valence-corrected chi connectivity index (χ4v) is 1.24. The second kappa shape index (κ2) is 5.67. The first-order valence-corrected chi connectivity index (χ1v) is 5.03. The van der Waals surface area contributed by atoms with Crippen molar-refractivity contribution in [3.05, 3.63) is 29.3 Å². The monoisotopic (exact) mass is 251 g/mol. The van der Waals surface area contributed by atoms with Gasteiger partial charge in [-0.3, -0.25) is 10.1 Å². The number of aryl methyl sites for hydroxylation is 1. The maximum atomic E-state index is 11.6. The number of hydrogen-bond donors (Lipinski definition) is 3. The Bertz CT molecular complexity index is 499. The van der Waals surface area contributed by atoms with Gasteiger partial charge in [0.1, 0.15) is 0 Å². The van der Waals surface area contributed by atoms with Crippen molar-refractivity contribution in [1.29, 1.82) is 0 Å². The van der Waals surface area contributed by atoms with Crippen LogP contribution < -0.4 is 16.8 Å². The molecule has 5 N–H and O–H groups in total. The Kier molecular flexibility index (Phi) is 4.25. The highest BCUT2D eigenvalue weighted by Gasteiger charge is 2.14. The van der Waals surface area contributed by atoms with E-state index in [1.54, 1.807) is 24.4 Å². The molecule has 0 bridgehead atoms. The largest absolute Gasteiger partial charge is 0.452 e. The first kappa shape index (κ1) is 13.5. The number of hydrogen-bond acceptors (Lipinski definition) is 5. The van der Waals surface area contributed by atoms with Gasteiger partial charge in [0, 0.05) is 5.69 Å². The normalized spacial score (nSPS) is 9.61. The van der Waals surface area contributed by atoms with E-state index in [9.17, 15) is 14.4 Å². The van der Waals surface area contributed by atoms with E-state index in [0.717, 1.165) is 5.56 Å². The lowest BCUT2D eigenvalue weighted by Crippen LogP contribution is -2.37. The van der Waals surface area contributed by atoms with Gasteiger partial charge in [-0.15, -0.1) is 0 Å². The molecule has 0 atom stereocenters. The van der Waals surface area contributed by atoms with Crippen LogP contribution in [0.5, 0.6) is 0 Å². The average molecular weight is 251 g/mol. The second-order valence-electron chi connectivity index (χ2n) is 3.52. The van der Waals surface area contributed by atoms with E-state index in [0.29, 0.717) is 0 Å². The molecule has 1 aromatic carbocycles. The Labute approximate surface area is 103 Å². The zero-order valence-electron chi connectivity index (χ0n) is 9.73. The molecule has 0 aliphatic carbocycles. The first-order valence-electron chi connectivity index (χ1n) is 5.03. The van der Waals surface area contributed by atoms with E-state index in [1.165, 1.54) is 6.07 Å². The van der Waals surface area contributed by atoms with Crippen molar-refractivity contribution in [2.24, 2.45) is 5.73 Å². The second-order valence-corrected chi connectivity index (χ2v) is 3.52. The number of nitrogens with two attached hydrogens (primary N) is 2. The Morgan fingerprint density at radius 1 is 1.33 bits per heavy atom. The number of nitrogen functional groups attached to an aromatic ring is 1. The van der Waals surface area contributed by atoms with Gasteiger partial charge in [0.15, 0.2) is 6.61 Å². The minimum Gasteiger partial charge on any atom is -0.452 e. The number of urea groups is 1. The van der Waals surface area contributed by atoms with E-state index in [4.69, 9.17) is 11.5 Å². The number of ether oxygens (including phenoxy) is 1. The predicted octanol–water partition coefficient (Wildman–Crippen LogP) is -0.0711. The first-order chi connectivity index (χ1) is 8.41. The van der Waals surface area contributed by atoms with Gasteiger partial charge < -0.3 is 16.2 Å². The molecule has 0 heterocycles. The number of carbonyl (C=O) groups excluding carboxylic acids is 3. The summed E-state index contributed by atoms with van der Waals surface area (Å²) in [6, 6.07) is 3.86. The Hall–Kier alpha value is -2.57. The summed E-state index contributed by atoms with van der Waals surface area (Å²) in [7, 11) is 0. The topological polar surface area (TPSA) is 125 Å². The number of nitrogens with one attached hydrogen (secondary N) is 1. The smallest absolute Gasteiger partial charge is 0.340 e. The Morgan fingerprint density at radius 3 is 2.61 bits per heavy atom. The predicted molar refractivity (Wildman–Crippen MR) is 63.6 cm³/mol. The molecule has 0 spiro atoms. The number of amides is 3. The molecule has 7 heteroatoms. The standard InChI is InChI=1S/C11H13N3O4/c1-6-3-2-4-7(9(6)12)10(16)18-5-8(15)14-11(13)17/h2-4H,5,12H2,1H3,(H3,13,14,15,17). The molecule has 3 amide bonds. The van der Waals surface area contributed by atoms with Crippen LogP contribution >= 0.6 is 0 Å². The van der Waals surface area contributed by atoms with Crippen molar-refractivity contribution >= 4 is 23.6 Å². The highest BCUT2D eigenvalue weighted by atomic mass is 16.5. The lowest BCUT2D eigenvalue weighted by Gasteiger charge is -2.08. The quantitative estimate of drug-likeness (QED) is 0.512. The van der Waals surface area contributed by atoms with Crippen LogP contribution in [0.1, 0.15) is 15.9 Å². The molecule has 0 unspecified atom stereocenters. The summed E-state index contributed by atoms with van der Waals surface area (Å²) in [4.78, 5) is 33.0. The highest BCUT2D eigenvalue weighted by Crippen LogP contribution is 2.17. The number of imide groups is 1. The molecular formula is C11H13N3O4. The van der Waals surface area contributed by atoms with E-state index >= 15 is 0 Å². The van der Waals surface area contributed by atoms with Crippen LogP contribution in [-0.2, 0) is 9.53 Å². The van der Waals surface area contributed by atoms with Gasteiger partial charge in [-0.05, 0) is 18.6 Å². The van der Waals surface area contributed by atoms with Crippen molar-refractivity contribution in [1.82, 2.24) is 5.32 Å². The molecule has 0 radical (unpaired) electrons. The van der Waals surface area contributed by atoms with Gasteiger partial charge in [-0.1, -0.05) is 12.1 Å². The SMILES string of the molecule is Cc1cccc(C(=O)OCC(=O)NC(N)=O)c1N. The Balaban J connectivity index is 2.64. The molecule has 0 aliphatic heterocycles. The molecule has 18 heavy (non-hydrogen) atoms. The van der Waals surface area contributed by atoms with Gasteiger partial charge in [-0.25, -0.2) is 9.59 Å². The third kappa shape index (κ3) is 3.48.